The minimum atomic E-state index is -0.603. The van der Waals surface area contributed by atoms with Gasteiger partial charge in [0.25, 0.3) is 0 Å². The van der Waals surface area contributed by atoms with Crippen LogP contribution in [0.5, 0.6) is 0 Å². The van der Waals surface area contributed by atoms with Gasteiger partial charge in [-0.2, -0.15) is 0 Å². The lowest BCUT2D eigenvalue weighted by molar-refractivity contribution is 0.0126. The van der Waals surface area contributed by atoms with Gasteiger partial charge in [-0.15, -0.1) is 0 Å². The van der Waals surface area contributed by atoms with Gasteiger partial charge in [0.1, 0.15) is 17.5 Å². The molecule has 0 aliphatic heterocycles. The summed E-state index contributed by atoms with van der Waals surface area (Å²) in [6.45, 7) is 7.82. The van der Waals surface area contributed by atoms with Crippen LogP contribution in [-0.2, 0) is 16.1 Å². The highest BCUT2D eigenvalue weighted by molar-refractivity contribution is 9.10. The van der Waals surface area contributed by atoms with Gasteiger partial charge in [0.05, 0.1) is 24.6 Å². The number of carbonyl (C=O) groups is 1. The number of ether oxygens (including phenoxy) is 2. The Hall–Kier alpha value is -2.64. The summed E-state index contributed by atoms with van der Waals surface area (Å²) < 4.78 is 12.5. The summed E-state index contributed by atoms with van der Waals surface area (Å²) in [5.41, 5.74) is 2.30. The van der Waals surface area contributed by atoms with E-state index in [1.807, 2.05) is 82.3 Å². The zero-order valence-corrected chi connectivity index (χ0v) is 19.8. The predicted molar refractivity (Wildman–Crippen MR) is 125 cm³/mol. The Bertz CT molecular complexity index is 981. The van der Waals surface area contributed by atoms with Gasteiger partial charge in [0.15, 0.2) is 0 Å². The molecule has 0 aliphatic rings. The standard InChI is InChI=1S/C24H28BrN3O3/c1-16(30-15-17-8-6-5-7-9-17)21(28-23(29)31-24(2,3)4)22-26-14-20(27-22)18-10-12-19(25)13-11-18/h5-14,16,21H,15H2,1-4H3,(H,26,27)(H,28,29)/t16-,21+/m1/s1. The van der Waals surface area contributed by atoms with Crippen LogP contribution in [0.3, 0.4) is 0 Å². The molecule has 0 saturated carbocycles. The van der Waals surface area contributed by atoms with E-state index in [1.165, 1.54) is 0 Å². The van der Waals surface area contributed by atoms with Crippen molar-refractivity contribution in [1.29, 1.82) is 0 Å². The largest absolute Gasteiger partial charge is 0.444 e. The fourth-order valence-electron chi connectivity index (χ4n) is 3.01. The lowest BCUT2D eigenvalue weighted by Gasteiger charge is -2.26. The number of benzene rings is 2. The minimum absolute atomic E-state index is 0.350. The van der Waals surface area contributed by atoms with Crippen molar-refractivity contribution >= 4 is 22.0 Å². The van der Waals surface area contributed by atoms with E-state index in [1.54, 1.807) is 6.20 Å². The van der Waals surface area contributed by atoms with Crippen LogP contribution in [0.4, 0.5) is 4.79 Å². The van der Waals surface area contributed by atoms with Crippen LogP contribution in [-0.4, -0.2) is 27.8 Å². The number of amides is 1. The van der Waals surface area contributed by atoms with Gasteiger partial charge in [-0.3, -0.25) is 0 Å². The fraction of sp³-hybridized carbons (Fsp3) is 0.333. The summed E-state index contributed by atoms with van der Waals surface area (Å²) in [4.78, 5) is 20.3. The molecule has 1 aromatic heterocycles. The molecule has 31 heavy (non-hydrogen) atoms. The molecule has 0 fully saturated rings. The van der Waals surface area contributed by atoms with Gasteiger partial charge < -0.3 is 19.8 Å². The van der Waals surface area contributed by atoms with Crippen LogP contribution in [0.1, 0.15) is 45.1 Å². The first-order valence-electron chi connectivity index (χ1n) is 10.2. The molecule has 2 N–H and O–H groups in total. The summed E-state index contributed by atoms with van der Waals surface area (Å²) >= 11 is 3.45. The number of rotatable bonds is 7. The molecule has 2 atom stereocenters. The Morgan fingerprint density at radius 3 is 2.45 bits per heavy atom. The number of imidazole rings is 1. The highest BCUT2D eigenvalue weighted by Gasteiger charge is 2.28. The van der Waals surface area contributed by atoms with Crippen molar-refractivity contribution < 1.29 is 14.3 Å². The molecule has 3 aromatic rings. The maximum atomic E-state index is 12.5. The highest BCUT2D eigenvalue weighted by atomic mass is 79.9. The third-order valence-electron chi connectivity index (χ3n) is 4.54. The molecule has 0 saturated heterocycles. The Labute approximate surface area is 191 Å². The van der Waals surface area contributed by atoms with Crippen LogP contribution in [0.25, 0.3) is 11.3 Å². The molecule has 1 heterocycles. The summed E-state index contributed by atoms with van der Waals surface area (Å²) in [7, 11) is 0. The van der Waals surface area contributed by atoms with Crippen LogP contribution < -0.4 is 5.32 Å². The van der Waals surface area contributed by atoms with Crippen LogP contribution in [0.15, 0.2) is 65.3 Å². The van der Waals surface area contributed by atoms with Gasteiger partial charge in [0, 0.05) is 4.47 Å². The number of aromatic nitrogens is 2. The molecule has 7 heteroatoms. The van der Waals surface area contributed by atoms with Crippen LogP contribution in [0, 0.1) is 0 Å². The number of alkyl carbamates (subject to hydrolysis) is 1. The summed E-state index contributed by atoms with van der Waals surface area (Å²) in [5, 5.41) is 2.91. The number of aromatic amines is 1. The molecule has 0 radical (unpaired) electrons. The SMILES string of the molecule is C[C@@H](OCc1ccccc1)[C@H](NC(=O)OC(C)(C)C)c1ncc(-c2ccc(Br)cc2)[nH]1. The van der Waals surface area contributed by atoms with Crippen molar-refractivity contribution in [3.63, 3.8) is 0 Å². The molecular weight excluding hydrogens is 458 g/mol. The first-order valence-corrected chi connectivity index (χ1v) is 11.0. The fourth-order valence-corrected chi connectivity index (χ4v) is 3.28. The van der Waals surface area contributed by atoms with Crippen molar-refractivity contribution in [2.75, 3.05) is 0 Å². The van der Waals surface area contributed by atoms with E-state index in [9.17, 15) is 4.79 Å². The van der Waals surface area contributed by atoms with Crippen molar-refractivity contribution in [2.45, 2.75) is 52.0 Å². The number of hydrogen-bond donors (Lipinski definition) is 2. The number of hydrogen-bond acceptors (Lipinski definition) is 4. The molecule has 6 nitrogen and oxygen atoms in total. The predicted octanol–water partition coefficient (Wildman–Crippen LogP) is 6.01. The van der Waals surface area contributed by atoms with E-state index >= 15 is 0 Å². The Kier molecular flexibility index (Phi) is 7.51. The van der Waals surface area contributed by atoms with E-state index in [2.05, 4.69) is 31.2 Å². The monoisotopic (exact) mass is 485 g/mol. The molecule has 0 bridgehead atoms. The molecular formula is C24H28BrN3O3. The Morgan fingerprint density at radius 2 is 1.81 bits per heavy atom. The molecule has 0 unspecified atom stereocenters. The second-order valence-electron chi connectivity index (χ2n) is 8.31. The first kappa shape index (κ1) is 23.0. The number of H-pyrrole nitrogens is 1. The second-order valence-corrected chi connectivity index (χ2v) is 9.23. The third-order valence-corrected chi connectivity index (χ3v) is 5.07. The number of carbonyl (C=O) groups excluding carboxylic acids is 1. The summed E-state index contributed by atoms with van der Waals surface area (Å²) in [5.74, 6) is 0.601. The molecule has 0 aliphatic carbocycles. The zero-order valence-electron chi connectivity index (χ0n) is 18.2. The van der Waals surface area contributed by atoms with Crippen molar-refractivity contribution in [3.8, 4) is 11.3 Å². The lowest BCUT2D eigenvalue weighted by Crippen LogP contribution is -2.40. The maximum Gasteiger partial charge on any atom is 0.408 e. The van der Waals surface area contributed by atoms with Crippen molar-refractivity contribution in [1.82, 2.24) is 15.3 Å². The molecule has 3 rings (SSSR count). The molecule has 2 aromatic carbocycles. The van der Waals surface area contributed by atoms with Gasteiger partial charge >= 0.3 is 6.09 Å². The smallest absolute Gasteiger partial charge is 0.408 e. The number of nitrogens with one attached hydrogen (secondary N) is 2. The molecule has 164 valence electrons. The van der Waals surface area contributed by atoms with E-state index in [0.29, 0.717) is 12.4 Å². The van der Waals surface area contributed by atoms with Gasteiger partial charge in [-0.1, -0.05) is 58.4 Å². The van der Waals surface area contributed by atoms with Gasteiger partial charge in [-0.05, 0) is 51.0 Å². The van der Waals surface area contributed by atoms with Crippen LogP contribution in [0.2, 0.25) is 0 Å². The lowest BCUT2D eigenvalue weighted by atomic mass is 10.1. The third kappa shape index (κ3) is 6.94. The average molecular weight is 486 g/mol. The number of nitrogens with zero attached hydrogens (tertiary/aromatic N) is 1. The molecule has 1 amide bonds. The van der Waals surface area contributed by atoms with E-state index in [-0.39, 0.29) is 6.10 Å². The zero-order chi connectivity index (χ0) is 22.4. The van der Waals surface area contributed by atoms with Crippen LogP contribution >= 0.6 is 15.9 Å². The van der Waals surface area contributed by atoms with E-state index in [4.69, 9.17) is 9.47 Å². The van der Waals surface area contributed by atoms with E-state index < -0.39 is 17.7 Å². The topological polar surface area (TPSA) is 76.2 Å². The average Bonchev–Trinajstić information content (AvgIpc) is 3.20. The van der Waals surface area contributed by atoms with Gasteiger partial charge in [-0.25, -0.2) is 9.78 Å². The second kappa shape index (κ2) is 10.1. The quantitative estimate of drug-likeness (QED) is 0.429. The van der Waals surface area contributed by atoms with Crippen molar-refractivity contribution in [2.24, 2.45) is 0 Å². The maximum absolute atomic E-state index is 12.5. The normalized spacial score (nSPS) is 13.5. The summed E-state index contributed by atoms with van der Waals surface area (Å²) in [6.07, 6.45) is 0.887. The highest BCUT2D eigenvalue weighted by Crippen LogP contribution is 2.24. The summed E-state index contributed by atoms with van der Waals surface area (Å²) in [6, 6.07) is 17.3. The number of halogens is 1. The molecule has 0 spiro atoms. The van der Waals surface area contributed by atoms with E-state index in [0.717, 1.165) is 21.3 Å². The Balaban J connectivity index is 1.79. The minimum Gasteiger partial charge on any atom is -0.444 e. The first-order chi connectivity index (χ1) is 14.7. The Morgan fingerprint density at radius 1 is 1.13 bits per heavy atom. The van der Waals surface area contributed by atoms with Crippen molar-refractivity contribution in [3.05, 3.63) is 76.7 Å². The van der Waals surface area contributed by atoms with Gasteiger partial charge in [0.2, 0.25) is 0 Å².